The van der Waals surface area contributed by atoms with E-state index in [9.17, 15) is 14.4 Å². The van der Waals surface area contributed by atoms with Gasteiger partial charge in [0.2, 0.25) is 0 Å². The van der Waals surface area contributed by atoms with E-state index in [1.165, 1.54) is 109 Å². The van der Waals surface area contributed by atoms with Crippen LogP contribution in [0.2, 0.25) is 0 Å². The highest BCUT2D eigenvalue weighted by molar-refractivity contribution is 5.71. The van der Waals surface area contributed by atoms with Crippen molar-refractivity contribution in [2.45, 2.75) is 232 Å². The molecule has 288 valence electrons. The number of hydrogen-bond donors (Lipinski definition) is 0. The second kappa shape index (κ2) is 38.9. The Kier molecular flexibility index (Phi) is 37.5. The van der Waals surface area contributed by atoms with Crippen molar-refractivity contribution in [1.82, 2.24) is 0 Å². The van der Waals surface area contributed by atoms with Gasteiger partial charge in [0, 0.05) is 19.3 Å². The minimum atomic E-state index is -0.764. The van der Waals surface area contributed by atoms with Crippen molar-refractivity contribution < 1.29 is 28.6 Å². The second-order valence-corrected chi connectivity index (χ2v) is 14.3. The molecule has 0 N–H and O–H groups in total. The summed E-state index contributed by atoms with van der Waals surface area (Å²) in [6, 6.07) is 0. The van der Waals surface area contributed by atoms with Gasteiger partial charge < -0.3 is 14.2 Å². The molecule has 0 rings (SSSR count). The molecule has 0 aromatic heterocycles. The maximum absolute atomic E-state index is 12.6. The monoisotopic (exact) mass is 693 g/mol. The van der Waals surface area contributed by atoms with E-state index in [0.29, 0.717) is 19.3 Å². The minimum absolute atomic E-state index is 0.0698. The first kappa shape index (κ1) is 47.1. The van der Waals surface area contributed by atoms with Crippen LogP contribution in [0.3, 0.4) is 0 Å². The molecule has 6 heteroatoms. The number of hydrogen-bond acceptors (Lipinski definition) is 6. The molecule has 0 amide bonds. The van der Waals surface area contributed by atoms with E-state index in [0.717, 1.165) is 77.0 Å². The average Bonchev–Trinajstić information content (AvgIpc) is 3.10. The lowest BCUT2D eigenvalue weighted by Crippen LogP contribution is -2.30. The van der Waals surface area contributed by atoms with Gasteiger partial charge in [0.1, 0.15) is 13.2 Å². The van der Waals surface area contributed by atoms with Crippen molar-refractivity contribution in [2.75, 3.05) is 13.2 Å². The molecule has 0 radical (unpaired) electrons. The topological polar surface area (TPSA) is 78.9 Å². The van der Waals surface area contributed by atoms with Gasteiger partial charge in [-0.25, -0.2) is 0 Å². The van der Waals surface area contributed by atoms with Crippen molar-refractivity contribution in [3.05, 3.63) is 12.2 Å². The van der Waals surface area contributed by atoms with Crippen LogP contribution in [0.4, 0.5) is 0 Å². The van der Waals surface area contributed by atoms with Gasteiger partial charge in [-0.1, -0.05) is 181 Å². The predicted octanol–water partition coefficient (Wildman–Crippen LogP) is 13.1. The lowest BCUT2D eigenvalue weighted by molar-refractivity contribution is -0.167. The van der Waals surface area contributed by atoms with Crippen LogP contribution in [0, 0.1) is 0 Å². The smallest absolute Gasteiger partial charge is 0.306 e. The molecule has 1 atom stereocenters. The van der Waals surface area contributed by atoms with Gasteiger partial charge in [-0.05, 0) is 38.5 Å². The van der Waals surface area contributed by atoms with E-state index in [1.807, 2.05) is 0 Å². The van der Waals surface area contributed by atoms with Crippen LogP contribution >= 0.6 is 0 Å². The summed E-state index contributed by atoms with van der Waals surface area (Å²) in [7, 11) is 0. The number of carbonyl (C=O) groups excluding carboxylic acids is 3. The van der Waals surface area contributed by atoms with Gasteiger partial charge in [0.15, 0.2) is 6.10 Å². The molecule has 6 nitrogen and oxygen atoms in total. The standard InChI is InChI=1S/C43H80O6/c1-4-7-10-13-16-19-22-25-27-30-33-36-42(45)48-39-40(49-43(46)37-34-31-28-24-21-18-15-12-9-6-3)38-47-41(44)35-32-29-26-23-20-17-14-11-8-5-2/h12,15,40H,4-11,13-14,16-39H2,1-3H3/b15-12-. The summed E-state index contributed by atoms with van der Waals surface area (Å²) < 4.78 is 16.6. The molecule has 0 saturated heterocycles. The van der Waals surface area contributed by atoms with Gasteiger partial charge >= 0.3 is 17.9 Å². The Morgan fingerprint density at radius 3 is 1.10 bits per heavy atom. The number of rotatable bonds is 38. The third kappa shape index (κ3) is 37.2. The summed E-state index contributed by atoms with van der Waals surface area (Å²) in [5, 5.41) is 0. The third-order valence-corrected chi connectivity index (χ3v) is 9.25. The molecular weight excluding hydrogens is 612 g/mol. The number of carbonyl (C=O) groups is 3. The molecule has 0 saturated carbocycles. The largest absolute Gasteiger partial charge is 0.462 e. The molecular formula is C43H80O6. The Bertz CT molecular complexity index is 763. The van der Waals surface area contributed by atoms with E-state index in [-0.39, 0.29) is 31.1 Å². The van der Waals surface area contributed by atoms with E-state index in [4.69, 9.17) is 14.2 Å². The SMILES string of the molecule is CCC/C=C\CCCCCCCC(=O)OC(COC(=O)CCCCCCCCCCCC)COC(=O)CCCCCCCCCCCCC. The predicted molar refractivity (Wildman–Crippen MR) is 206 cm³/mol. The highest BCUT2D eigenvalue weighted by Crippen LogP contribution is 2.14. The lowest BCUT2D eigenvalue weighted by Gasteiger charge is -2.18. The molecule has 0 aromatic rings. The van der Waals surface area contributed by atoms with Crippen molar-refractivity contribution >= 4 is 17.9 Å². The zero-order valence-corrected chi connectivity index (χ0v) is 32.7. The fourth-order valence-electron chi connectivity index (χ4n) is 6.03. The molecule has 0 aromatic carbocycles. The first-order valence-corrected chi connectivity index (χ1v) is 21.2. The number of allylic oxidation sites excluding steroid dienone is 2. The molecule has 0 fully saturated rings. The van der Waals surface area contributed by atoms with Crippen molar-refractivity contribution in [2.24, 2.45) is 0 Å². The molecule has 0 aliphatic carbocycles. The summed E-state index contributed by atoms with van der Waals surface area (Å²) in [6.45, 7) is 6.54. The average molecular weight is 693 g/mol. The molecule has 49 heavy (non-hydrogen) atoms. The van der Waals surface area contributed by atoms with Crippen LogP contribution in [-0.4, -0.2) is 37.2 Å². The molecule has 0 bridgehead atoms. The maximum atomic E-state index is 12.6. The van der Waals surface area contributed by atoms with Gasteiger partial charge in [-0.15, -0.1) is 0 Å². The van der Waals surface area contributed by atoms with Gasteiger partial charge in [-0.2, -0.15) is 0 Å². The Hall–Kier alpha value is -1.85. The van der Waals surface area contributed by atoms with Crippen molar-refractivity contribution in [1.29, 1.82) is 0 Å². The Morgan fingerprint density at radius 1 is 0.388 bits per heavy atom. The maximum Gasteiger partial charge on any atom is 0.306 e. The quantitative estimate of drug-likeness (QED) is 0.0277. The molecule has 0 aliphatic rings. The van der Waals surface area contributed by atoms with Crippen molar-refractivity contribution in [3.8, 4) is 0 Å². The summed E-state index contributed by atoms with van der Waals surface area (Å²) in [5.41, 5.74) is 0. The summed E-state index contributed by atoms with van der Waals surface area (Å²) >= 11 is 0. The first-order chi connectivity index (χ1) is 24.0. The van der Waals surface area contributed by atoms with Gasteiger partial charge in [-0.3, -0.25) is 14.4 Å². The third-order valence-electron chi connectivity index (χ3n) is 9.25. The van der Waals surface area contributed by atoms with Gasteiger partial charge in [0.05, 0.1) is 0 Å². The summed E-state index contributed by atoms with van der Waals surface area (Å²) in [5.74, 6) is -0.879. The molecule has 0 heterocycles. The molecule has 0 aliphatic heterocycles. The Balaban J connectivity index is 4.35. The first-order valence-electron chi connectivity index (χ1n) is 21.2. The van der Waals surface area contributed by atoms with Crippen LogP contribution in [0.25, 0.3) is 0 Å². The fraction of sp³-hybridized carbons (Fsp3) is 0.884. The lowest BCUT2D eigenvalue weighted by atomic mass is 10.1. The number of unbranched alkanes of at least 4 members (excludes halogenated alkanes) is 25. The highest BCUT2D eigenvalue weighted by atomic mass is 16.6. The number of ether oxygens (including phenoxy) is 3. The summed E-state index contributed by atoms with van der Waals surface area (Å²) in [4.78, 5) is 37.5. The second-order valence-electron chi connectivity index (χ2n) is 14.3. The summed E-state index contributed by atoms with van der Waals surface area (Å²) in [6.07, 6.45) is 39.1. The van der Waals surface area contributed by atoms with E-state index in [1.54, 1.807) is 0 Å². The van der Waals surface area contributed by atoms with E-state index >= 15 is 0 Å². The van der Waals surface area contributed by atoms with Crippen LogP contribution in [0.15, 0.2) is 12.2 Å². The highest BCUT2D eigenvalue weighted by Gasteiger charge is 2.19. The Labute approximate surface area is 303 Å². The van der Waals surface area contributed by atoms with Crippen molar-refractivity contribution in [3.63, 3.8) is 0 Å². The minimum Gasteiger partial charge on any atom is -0.462 e. The fourth-order valence-corrected chi connectivity index (χ4v) is 6.03. The van der Waals surface area contributed by atoms with E-state index in [2.05, 4.69) is 32.9 Å². The van der Waals surface area contributed by atoms with Crippen LogP contribution in [0.5, 0.6) is 0 Å². The number of esters is 3. The zero-order chi connectivity index (χ0) is 35.9. The molecule has 1 unspecified atom stereocenters. The normalized spacial score (nSPS) is 12.0. The van der Waals surface area contributed by atoms with Crippen LogP contribution < -0.4 is 0 Å². The zero-order valence-electron chi connectivity index (χ0n) is 32.7. The van der Waals surface area contributed by atoms with Crippen LogP contribution in [-0.2, 0) is 28.6 Å². The molecule has 0 spiro atoms. The van der Waals surface area contributed by atoms with Gasteiger partial charge in [0.25, 0.3) is 0 Å². The van der Waals surface area contributed by atoms with Crippen LogP contribution in [0.1, 0.15) is 226 Å². The Morgan fingerprint density at radius 2 is 0.714 bits per heavy atom. The van der Waals surface area contributed by atoms with E-state index < -0.39 is 6.10 Å².